The number of amides is 3. The maximum atomic E-state index is 13.0. The molecule has 1 aliphatic rings. The van der Waals surface area contributed by atoms with Crippen molar-refractivity contribution in [1.29, 1.82) is 0 Å². The summed E-state index contributed by atoms with van der Waals surface area (Å²) in [5.41, 5.74) is 1.42. The number of carbonyl (C=O) groups excluding carboxylic acids is 4. The molecule has 0 aromatic heterocycles. The number of hydrogen-bond acceptors (Lipinski definition) is 6. The molecule has 1 heterocycles. The molecule has 11 heteroatoms. The first-order valence-electron chi connectivity index (χ1n) is 11.3. The molecule has 0 spiro atoms. The fraction of sp³-hybridized carbons (Fsp3) is 0.111. The van der Waals surface area contributed by atoms with Crippen LogP contribution in [0.5, 0.6) is 0 Å². The Balaban J connectivity index is 1.46. The third-order valence-corrected chi connectivity index (χ3v) is 6.20. The normalized spacial score (nSPS) is 13.3. The molecule has 0 saturated carbocycles. The zero-order valence-corrected chi connectivity index (χ0v) is 22.3. The SMILES string of the molecule is CC(C)OC(=O)c1cccc(NC(=O)c2ccc(NC3=C(Cl)C(=O)N(c4cc(Cl)ccc4Cl)C3=O)cc2)c1. The smallest absolute Gasteiger partial charge is 0.338 e. The summed E-state index contributed by atoms with van der Waals surface area (Å²) in [6.07, 6.45) is -0.270. The molecule has 3 amide bonds. The third-order valence-electron chi connectivity index (χ3n) is 5.29. The van der Waals surface area contributed by atoms with E-state index in [1.165, 1.54) is 36.4 Å². The van der Waals surface area contributed by atoms with Gasteiger partial charge in [0, 0.05) is 22.0 Å². The van der Waals surface area contributed by atoms with Crippen LogP contribution in [0.4, 0.5) is 17.1 Å². The Morgan fingerprint density at radius 1 is 0.842 bits per heavy atom. The molecule has 3 aromatic rings. The summed E-state index contributed by atoms with van der Waals surface area (Å²) in [7, 11) is 0. The number of carbonyl (C=O) groups is 4. The van der Waals surface area contributed by atoms with Gasteiger partial charge in [-0.2, -0.15) is 0 Å². The van der Waals surface area contributed by atoms with Gasteiger partial charge in [0.15, 0.2) is 0 Å². The van der Waals surface area contributed by atoms with E-state index in [1.54, 1.807) is 44.2 Å². The maximum Gasteiger partial charge on any atom is 0.338 e. The first-order valence-corrected chi connectivity index (χ1v) is 12.4. The highest BCUT2D eigenvalue weighted by atomic mass is 35.5. The van der Waals surface area contributed by atoms with Gasteiger partial charge in [-0.05, 0) is 74.5 Å². The van der Waals surface area contributed by atoms with Gasteiger partial charge in [0.25, 0.3) is 17.7 Å². The minimum atomic E-state index is -0.751. The molecule has 8 nitrogen and oxygen atoms in total. The molecule has 194 valence electrons. The second-order valence-corrected chi connectivity index (χ2v) is 9.64. The number of imide groups is 1. The summed E-state index contributed by atoms with van der Waals surface area (Å²) in [5, 5.41) is 5.69. The van der Waals surface area contributed by atoms with E-state index in [9.17, 15) is 19.2 Å². The first kappa shape index (κ1) is 27.2. The van der Waals surface area contributed by atoms with Crippen molar-refractivity contribution in [3.05, 3.63) is 98.6 Å². The lowest BCUT2D eigenvalue weighted by molar-refractivity contribution is -0.120. The molecule has 0 atom stereocenters. The third kappa shape index (κ3) is 5.83. The van der Waals surface area contributed by atoms with Crippen molar-refractivity contribution in [1.82, 2.24) is 0 Å². The maximum absolute atomic E-state index is 13.0. The molecule has 0 bridgehead atoms. The van der Waals surface area contributed by atoms with E-state index < -0.39 is 23.7 Å². The van der Waals surface area contributed by atoms with Crippen LogP contribution in [0.3, 0.4) is 0 Å². The second kappa shape index (κ2) is 11.3. The number of ether oxygens (including phenoxy) is 1. The van der Waals surface area contributed by atoms with E-state index in [2.05, 4.69) is 10.6 Å². The summed E-state index contributed by atoms with van der Waals surface area (Å²) in [6.45, 7) is 3.50. The molecule has 0 fully saturated rings. The molecular weight excluding hydrogens is 553 g/mol. The largest absolute Gasteiger partial charge is 0.459 e. The van der Waals surface area contributed by atoms with Crippen LogP contribution in [0, 0.1) is 0 Å². The number of anilines is 3. The van der Waals surface area contributed by atoms with Crippen LogP contribution >= 0.6 is 34.8 Å². The number of nitrogens with zero attached hydrogens (tertiary/aromatic N) is 1. The molecule has 0 saturated heterocycles. The number of halogens is 3. The monoisotopic (exact) mass is 571 g/mol. The summed E-state index contributed by atoms with van der Waals surface area (Å²) >= 11 is 18.3. The molecule has 2 N–H and O–H groups in total. The van der Waals surface area contributed by atoms with Gasteiger partial charge in [-0.1, -0.05) is 40.9 Å². The van der Waals surface area contributed by atoms with Crippen LogP contribution in [-0.4, -0.2) is 29.8 Å². The fourth-order valence-electron chi connectivity index (χ4n) is 3.55. The number of nitrogens with one attached hydrogen (secondary N) is 2. The van der Waals surface area contributed by atoms with Gasteiger partial charge < -0.3 is 15.4 Å². The molecule has 0 unspecified atom stereocenters. The summed E-state index contributed by atoms with van der Waals surface area (Å²) < 4.78 is 5.18. The van der Waals surface area contributed by atoms with Crippen molar-refractivity contribution >= 4 is 75.6 Å². The summed E-state index contributed by atoms with van der Waals surface area (Å²) in [6, 6.07) is 16.9. The van der Waals surface area contributed by atoms with Crippen molar-refractivity contribution in [2.45, 2.75) is 20.0 Å². The van der Waals surface area contributed by atoms with E-state index in [-0.39, 0.29) is 27.5 Å². The quantitative estimate of drug-likeness (QED) is 0.256. The molecule has 4 rings (SSSR count). The standard InChI is InChI=1S/C27H20Cl3N3O5/c1-14(2)38-27(37)16-4-3-5-19(12-16)32-24(34)15-6-9-18(10-7-15)31-23-22(30)25(35)33(26(23)36)21-13-17(28)8-11-20(21)29/h3-14,31H,1-2H3,(H,32,34). The zero-order valence-electron chi connectivity index (χ0n) is 20.1. The Morgan fingerprint density at radius 3 is 2.24 bits per heavy atom. The molecule has 1 aliphatic heterocycles. The Morgan fingerprint density at radius 2 is 1.55 bits per heavy atom. The van der Waals surface area contributed by atoms with Crippen molar-refractivity contribution in [2.75, 3.05) is 15.5 Å². The first-order chi connectivity index (χ1) is 18.0. The number of rotatable bonds is 7. The molecule has 38 heavy (non-hydrogen) atoms. The van der Waals surface area contributed by atoms with Gasteiger partial charge in [0.2, 0.25) is 0 Å². The van der Waals surface area contributed by atoms with Crippen molar-refractivity contribution in [2.24, 2.45) is 0 Å². The van der Waals surface area contributed by atoms with E-state index in [4.69, 9.17) is 39.5 Å². The Bertz CT molecular complexity index is 1490. The minimum absolute atomic E-state index is 0.109. The minimum Gasteiger partial charge on any atom is -0.459 e. The van der Waals surface area contributed by atoms with E-state index >= 15 is 0 Å². The van der Waals surface area contributed by atoms with Crippen LogP contribution in [-0.2, 0) is 14.3 Å². The lowest BCUT2D eigenvalue weighted by atomic mass is 10.1. The van der Waals surface area contributed by atoms with E-state index in [0.717, 1.165) is 4.90 Å². The summed E-state index contributed by atoms with van der Waals surface area (Å²) in [5.74, 6) is -2.37. The number of hydrogen-bond donors (Lipinski definition) is 2. The molecular formula is C27H20Cl3N3O5. The van der Waals surface area contributed by atoms with E-state index in [0.29, 0.717) is 27.5 Å². The zero-order chi connectivity index (χ0) is 27.6. The Hall–Kier alpha value is -3.85. The number of benzene rings is 3. The molecule has 0 radical (unpaired) electrons. The molecule has 3 aromatic carbocycles. The lowest BCUT2D eigenvalue weighted by Crippen LogP contribution is -2.32. The number of esters is 1. The van der Waals surface area contributed by atoms with Crippen molar-refractivity contribution in [3.8, 4) is 0 Å². The van der Waals surface area contributed by atoms with Crippen LogP contribution in [0.1, 0.15) is 34.6 Å². The van der Waals surface area contributed by atoms with Crippen LogP contribution in [0.25, 0.3) is 0 Å². The predicted molar refractivity (Wildman–Crippen MR) is 147 cm³/mol. The van der Waals surface area contributed by atoms with E-state index in [1.807, 2.05) is 0 Å². The highest BCUT2D eigenvalue weighted by Gasteiger charge is 2.40. The van der Waals surface area contributed by atoms with Gasteiger partial charge >= 0.3 is 5.97 Å². The average Bonchev–Trinajstić information content (AvgIpc) is 3.08. The Kier molecular flexibility index (Phi) is 8.06. The van der Waals surface area contributed by atoms with Gasteiger partial charge in [-0.15, -0.1) is 0 Å². The predicted octanol–water partition coefficient (Wildman–Crippen LogP) is 6.25. The van der Waals surface area contributed by atoms with Crippen LogP contribution < -0.4 is 15.5 Å². The highest BCUT2D eigenvalue weighted by molar-refractivity contribution is 6.54. The molecule has 0 aliphatic carbocycles. The topological polar surface area (TPSA) is 105 Å². The van der Waals surface area contributed by atoms with Gasteiger partial charge in [-0.25, -0.2) is 9.69 Å². The van der Waals surface area contributed by atoms with Crippen molar-refractivity contribution in [3.63, 3.8) is 0 Å². The van der Waals surface area contributed by atoms with Crippen LogP contribution in [0.15, 0.2) is 77.5 Å². The lowest BCUT2D eigenvalue weighted by Gasteiger charge is -2.17. The Labute approximate surface area is 233 Å². The average molecular weight is 573 g/mol. The fourth-order valence-corrected chi connectivity index (χ4v) is 4.13. The summed E-state index contributed by atoms with van der Waals surface area (Å²) in [4.78, 5) is 51.4. The second-order valence-electron chi connectivity index (χ2n) is 8.42. The highest BCUT2D eigenvalue weighted by Crippen LogP contribution is 2.35. The van der Waals surface area contributed by atoms with Gasteiger partial charge in [0.1, 0.15) is 10.7 Å². The van der Waals surface area contributed by atoms with Gasteiger partial charge in [-0.3, -0.25) is 14.4 Å². The van der Waals surface area contributed by atoms with Gasteiger partial charge in [0.05, 0.1) is 22.4 Å². The van der Waals surface area contributed by atoms with Crippen molar-refractivity contribution < 1.29 is 23.9 Å². The van der Waals surface area contributed by atoms with Crippen LogP contribution in [0.2, 0.25) is 10.0 Å².